The van der Waals surface area contributed by atoms with Crippen LogP contribution in [-0.2, 0) is 19.4 Å². The standard InChI is InChI=1S/C18H34N2O4S/c1-12(2)7-15(8-13(3)4)18(22)19-16-10-20(9-14(16)5)17(21)11-25(6,23)24/h12-16H,7-11H2,1-6H3,(H,19,22)/t14-,16-/m1/s1. The maximum Gasteiger partial charge on any atom is 0.237 e. The molecule has 7 heteroatoms. The molecule has 1 N–H and O–H groups in total. The second kappa shape index (κ2) is 9.01. The van der Waals surface area contributed by atoms with E-state index in [-0.39, 0.29) is 29.7 Å². The van der Waals surface area contributed by atoms with Gasteiger partial charge in [-0.05, 0) is 30.6 Å². The van der Waals surface area contributed by atoms with Gasteiger partial charge >= 0.3 is 0 Å². The Morgan fingerprint density at radius 2 is 1.60 bits per heavy atom. The zero-order valence-electron chi connectivity index (χ0n) is 16.4. The van der Waals surface area contributed by atoms with Gasteiger partial charge in [0.05, 0.1) is 6.04 Å². The van der Waals surface area contributed by atoms with Crippen LogP contribution < -0.4 is 5.32 Å². The third kappa shape index (κ3) is 7.75. The smallest absolute Gasteiger partial charge is 0.237 e. The molecule has 1 fully saturated rings. The SMILES string of the molecule is CC(C)CC(CC(C)C)C(=O)N[C@@H]1CN(C(=O)CS(C)(=O)=O)C[C@H]1C. The number of hydrogen-bond donors (Lipinski definition) is 1. The van der Waals surface area contributed by atoms with E-state index < -0.39 is 15.6 Å². The molecule has 1 aliphatic heterocycles. The topological polar surface area (TPSA) is 83.6 Å². The summed E-state index contributed by atoms with van der Waals surface area (Å²) in [6.07, 6.45) is 2.76. The first-order valence-corrected chi connectivity index (χ1v) is 11.2. The number of sulfone groups is 1. The van der Waals surface area contributed by atoms with Gasteiger partial charge in [-0.15, -0.1) is 0 Å². The van der Waals surface area contributed by atoms with Crippen LogP contribution in [0.15, 0.2) is 0 Å². The Morgan fingerprint density at radius 3 is 2.04 bits per heavy atom. The summed E-state index contributed by atoms with van der Waals surface area (Å²) >= 11 is 0. The molecule has 0 spiro atoms. The fourth-order valence-electron chi connectivity index (χ4n) is 3.42. The predicted octanol–water partition coefficient (Wildman–Crippen LogP) is 1.70. The molecule has 0 radical (unpaired) electrons. The van der Waals surface area contributed by atoms with Crippen molar-refractivity contribution in [2.45, 2.75) is 53.5 Å². The lowest BCUT2D eigenvalue weighted by Crippen LogP contribution is -2.44. The van der Waals surface area contributed by atoms with Gasteiger partial charge in [-0.25, -0.2) is 8.42 Å². The van der Waals surface area contributed by atoms with Gasteiger partial charge in [-0.1, -0.05) is 34.6 Å². The van der Waals surface area contributed by atoms with E-state index in [9.17, 15) is 18.0 Å². The van der Waals surface area contributed by atoms with E-state index in [1.165, 1.54) is 0 Å². The number of hydrogen-bond acceptors (Lipinski definition) is 4. The highest BCUT2D eigenvalue weighted by atomic mass is 32.2. The molecule has 1 heterocycles. The minimum absolute atomic E-state index is 0.0204. The first-order chi connectivity index (χ1) is 11.4. The number of nitrogens with zero attached hydrogens (tertiary/aromatic N) is 1. The van der Waals surface area contributed by atoms with E-state index in [0.717, 1.165) is 19.1 Å². The first kappa shape index (κ1) is 21.9. The summed E-state index contributed by atoms with van der Waals surface area (Å²) in [6.45, 7) is 11.3. The van der Waals surface area contributed by atoms with Crippen molar-refractivity contribution in [2.24, 2.45) is 23.7 Å². The molecule has 0 aromatic heterocycles. The van der Waals surface area contributed by atoms with E-state index in [2.05, 4.69) is 33.0 Å². The van der Waals surface area contributed by atoms with Crippen molar-refractivity contribution in [3.63, 3.8) is 0 Å². The normalized spacial score (nSPS) is 21.4. The van der Waals surface area contributed by atoms with Gasteiger partial charge in [-0.2, -0.15) is 0 Å². The summed E-state index contributed by atoms with van der Waals surface area (Å²) in [5.74, 6) is 0.193. The Kier molecular flexibility index (Phi) is 7.90. The van der Waals surface area contributed by atoms with Crippen LogP contribution in [0.25, 0.3) is 0 Å². The summed E-state index contributed by atoms with van der Waals surface area (Å²) in [5, 5.41) is 3.10. The second-order valence-electron chi connectivity index (χ2n) is 8.42. The first-order valence-electron chi connectivity index (χ1n) is 9.15. The van der Waals surface area contributed by atoms with Crippen molar-refractivity contribution in [3.05, 3.63) is 0 Å². The van der Waals surface area contributed by atoms with E-state index in [1.54, 1.807) is 4.90 Å². The van der Waals surface area contributed by atoms with Crippen molar-refractivity contribution in [1.29, 1.82) is 0 Å². The fourth-order valence-corrected chi connectivity index (χ4v) is 4.05. The van der Waals surface area contributed by atoms with Crippen molar-refractivity contribution in [1.82, 2.24) is 10.2 Å². The maximum atomic E-state index is 12.7. The molecule has 6 nitrogen and oxygen atoms in total. The highest BCUT2D eigenvalue weighted by Crippen LogP contribution is 2.22. The zero-order chi connectivity index (χ0) is 19.4. The number of nitrogens with one attached hydrogen (secondary N) is 1. The van der Waals surface area contributed by atoms with Gasteiger partial charge in [0.2, 0.25) is 11.8 Å². The summed E-state index contributed by atoms with van der Waals surface area (Å²) in [4.78, 5) is 26.4. The molecule has 2 amide bonds. The lowest BCUT2D eigenvalue weighted by atomic mass is 9.88. The minimum Gasteiger partial charge on any atom is -0.351 e. The molecule has 0 unspecified atom stereocenters. The Morgan fingerprint density at radius 1 is 1.08 bits per heavy atom. The van der Waals surface area contributed by atoms with Crippen LogP contribution in [0.2, 0.25) is 0 Å². The third-order valence-corrected chi connectivity index (χ3v) is 5.33. The summed E-state index contributed by atoms with van der Waals surface area (Å²) in [6, 6.07) is -0.113. The van der Waals surface area contributed by atoms with Crippen molar-refractivity contribution in [3.8, 4) is 0 Å². The van der Waals surface area contributed by atoms with Gasteiger partial charge in [0.15, 0.2) is 9.84 Å². The fraction of sp³-hybridized carbons (Fsp3) is 0.889. The summed E-state index contributed by atoms with van der Waals surface area (Å²) < 4.78 is 22.6. The molecule has 0 bridgehead atoms. The quantitative estimate of drug-likeness (QED) is 0.701. The number of rotatable bonds is 8. The average Bonchev–Trinajstić information content (AvgIpc) is 2.76. The zero-order valence-corrected chi connectivity index (χ0v) is 17.2. The van der Waals surface area contributed by atoms with Gasteiger partial charge in [0.25, 0.3) is 0 Å². The molecule has 0 aromatic carbocycles. The van der Waals surface area contributed by atoms with Crippen LogP contribution in [0.3, 0.4) is 0 Å². The summed E-state index contributed by atoms with van der Waals surface area (Å²) in [5.41, 5.74) is 0. The van der Waals surface area contributed by atoms with Crippen LogP contribution in [0, 0.1) is 23.7 Å². The third-order valence-electron chi connectivity index (χ3n) is 4.56. The summed E-state index contributed by atoms with van der Waals surface area (Å²) in [7, 11) is -3.34. The number of carbonyl (C=O) groups is 2. The van der Waals surface area contributed by atoms with Gasteiger partial charge in [0.1, 0.15) is 5.75 Å². The number of amides is 2. The Hall–Kier alpha value is -1.11. The van der Waals surface area contributed by atoms with Gasteiger partial charge in [0, 0.05) is 25.3 Å². The molecule has 0 aliphatic carbocycles. The van der Waals surface area contributed by atoms with Crippen LogP contribution >= 0.6 is 0 Å². The Bertz CT molecular complexity index is 562. The van der Waals surface area contributed by atoms with Crippen LogP contribution in [0.5, 0.6) is 0 Å². The van der Waals surface area contributed by atoms with Crippen molar-refractivity contribution in [2.75, 3.05) is 25.1 Å². The van der Waals surface area contributed by atoms with Gasteiger partial charge < -0.3 is 10.2 Å². The highest BCUT2D eigenvalue weighted by Gasteiger charge is 2.35. The van der Waals surface area contributed by atoms with Crippen molar-refractivity contribution < 1.29 is 18.0 Å². The largest absolute Gasteiger partial charge is 0.351 e. The lowest BCUT2D eigenvalue weighted by Gasteiger charge is -2.24. The highest BCUT2D eigenvalue weighted by molar-refractivity contribution is 7.91. The molecule has 2 atom stereocenters. The van der Waals surface area contributed by atoms with Crippen LogP contribution in [0.4, 0.5) is 0 Å². The van der Waals surface area contributed by atoms with E-state index in [0.29, 0.717) is 24.9 Å². The maximum absolute atomic E-state index is 12.7. The van der Waals surface area contributed by atoms with E-state index in [1.807, 2.05) is 6.92 Å². The van der Waals surface area contributed by atoms with Gasteiger partial charge in [-0.3, -0.25) is 9.59 Å². The number of likely N-dealkylation sites (tertiary alicyclic amines) is 1. The molecule has 1 rings (SSSR count). The molecule has 146 valence electrons. The average molecular weight is 375 g/mol. The molecular weight excluding hydrogens is 340 g/mol. The molecule has 1 aliphatic rings. The molecule has 25 heavy (non-hydrogen) atoms. The van der Waals surface area contributed by atoms with Crippen LogP contribution in [0.1, 0.15) is 47.5 Å². The lowest BCUT2D eigenvalue weighted by molar-refractivity contribution is -0.129. The van der Waals surface area contributed by atoms with Crippen LogP contribution in [-0.4, -0.2) is 56.3 Å². The molecule has 1 saturated heterocycles. The Balaban J connectivity index is 2.68. The molecule has 0 aromatic rings. The minimum atomic E-state index is -3.34. The molecular formula is C18H34N2O4S. The van der Waals surface area contributed by atoms with Crippen molar-refractivity contribution >= 4 is 21.7 Å². The second-order valence-corrected chi connectivity index (χ2v) is 10.6. The number of carbonyl (C=O) groups excluding carboxylic acids is 2. The molecule has 0 saturated carbocycles. The predicted molar refractivity (Wildman–Crippen MR) is 99.8 cm³/mol. The Labute approximate surface area is 152 Å². The van der Waals surface area contributed by atoms with E-state index >= 15 is 0 Å². The monoisotopic (exact) mass is 374 g/mol. The van der Waals surface area contributed by atoms with E-state index in [4.69, 9.17) is 0 Å².